The van der Waals surface area contributed by atoms with Gasteiger partial charge in [0.05, 0.1) is 0 Å². The van der Waals surface area contributed by atoms with Crippen LogP contribution in [0.3, 0.4) is 0 Å². The normalized spacial score (nSPS) is 12.4. The molecular formula is C12H12FN3S. The molecule has 88 valence electrons. The van der Waals surface area contributed by atoms with E-state index in [2.05, 4.69) is 9.97 Å². The molecule has 0 radical (unpaired) electrons. The summed E-state index contributed by atoms with van der Waals surface area (Å²) in [5, 5.41) is 0.715. The minimum absolute atomic E-state index is 0.164. The maximum atomic E-state index is 13.8. The fraction of sp³-hybridized carbons (Fsp3) is 0.167. The SMILES string of the molecule is C[C@H](N)c1ccc(Sc2ccncn2)c(F)c1. The zero-order chi connectivity index (χ0) is 12.3. The third-order valence-corrected chi connectivity index (χ3v) is 3.25. The molecule has 0 saturated carbocycles. The standard InChI is InChI=1S/C12H12FN3S/c1-8(14)9-2-3-11(10(13)6-9)17-12-4-5-15-7-16-12/h2-8H,14H2,1H3/t8-/m0/s1. The quantitative estimate of drug-likeness (QED) is 0.850. The van der Waals surface area contributed by atoms with E-state index in [1.54, 1.807) is 18.3 Å². The number of halogens is 1. The predicted molar refractivity (Wildman–Crippen MR) is 65.2 cm³/mol. The third-order valence-electron chi connectivity index (χ3n) is 2.25. The van der Waals surface area contributed by atoms with E-state index in [9.17, 15) is 4.39 Å². The van der Waals surface area contributed by atoms with E-state index in [4.69, 9.17) is 5.73 Å². The van der Waals surface area contributed by atoms with Crippen LogP contribution in [0.4, 0.5) is 4.39 Å². The van der Waals surface area contributed by atoms with Crippen molar-refractivity contribution in [3.8, 4) is 0 Å². The molecule has 0 aliphatic heterocycles. The summed E-state index contributed by atoms with van der Waals surface area (Å²) < 4.78 is 13.8. The first-order valence-corrected chi connectivity index (χ1v) is 5.97. The highest BCUT2D eigenvalue weighted by Gasteiger charge is 2.08. The van der Waals surface area contributed by atoms with Gasteiger partial charge in [0.2, 0.25) is 0 Å². The third kappa shape index (κ3) is 3.01. The maximum Gasteiger partial charge on any atom is 0.137 e. The Morgan fingerprint density at radius 1 is 1.35 bits per heavy atom. The summed E-state index contributed by atoms with van der Waals surface area (Å²) in [7, 11) is 0. The smallest absolute Gasteiger partial charge is 0.137 e. The molecule has 2 aromatic rings. The van der Waals surface area contributed by atoms with Gasteiger partial charge in [0.25, 0.3) is 0 Å². The highest BCUT2D eigenvalue weighted by molar-refractivity contribution is 7.99. The van der Waals surface area contributed by atoms with E-state index in [-0.39, 0.29) is 11.9 Å². The highest BCUT2D eigenvalue weighted by atomic mass is 32.2. The van der Waals surface area contributed by atoms with Crippen molar-refractivity contribution >= 4 is 11.8 Å². The molecule has 0 unspecified atom stereocenters. The van der Waals surface area contributed by atoms with Crippen LogP contribution in [0, 0.1) is 5.82 Å². The van der Waals surface area contributed by atoms with E-state index in [0.29, 0.717) is 9.92 Å². The van der Waals surface area contributed by atoms with E-state index in [0.717, 1.165) is 5.56 Å². The summed E-state index contributed by atoms with van der Waals surface area (Å²) in [4.78, 5) is 8.38. The molecule has 1 aromatic heterocycles. The zero-order valence-electron chi connectivity index (χ0n) is 9.30. The Morgan fingerprint density at radius 3 is 2.76 bits per heavy atom. The summed E-state index contributed by atoms with van der Waals surface area (Å²) in [6.45, 7) is 1.83. The average Bonchev–Trinajstić information content (AvgIpc) is 2.33. The fourth-order valence-corrected chi connectivity index (χ4v) is 2.08. The molecular weight excluding hydrogens is 237 g/mol. The van der Waals surface area contributed by atoms with Crippen LogP contribution in [0.25, 0.3) is 0 Å². The minimum Gasteiger partial charge on any atom is -0.324 e. The molecule has 1 aromatic carbocycles. The van der Waals surface area contributed by atoms with Crippen LogP contribution in [-0.2, 0) is 0 Å². The van der Waals surface area contributed by atoms with Crippen molar-refractivity contribution < 1.29 is 4.39 Å². The number of rotatable bonds is 3. The van der Waals surface area contributed by atoms with Crippen LogP contribution in [0.15, 0.2) is 46.7 Å². The molecule has 1 atom stereocenters. The largest absolute Gasteiger partial charge is 0.324 e. The maximum absolute atomic E-state index is 13.8. The van der Waals surface area contributed by atoms with Crippen molar-refractivity contribution in [2.24, 2.45) is 5.73 Å². The topological polar surface area (TPSA) is 51.8 Å². The number of hydrogen-bond donors (Lipinski definition) is 1. The van der Waals surface area contributed by atoms with Crippen LogP contribution in [-0.4, -0.2) is 9.97 Å². The van der Waals surface area contributed by atoms with Gasteiger partial charge in [-0.3, -0.25) is 0 Å². The minimum atomic E-state index is -0.275. The Hall–Kier alpha value is -1.46. The first kappa shape index (κ1) is 12.0. The Balaban J connectivity index is 2.23. The van der Waals surface area contributed by atoms with Gasteiger partial charge in [-0.1, -0.05) is 17.8 Å². The molecule has 5 heteroatoms. The van der Waals surface area contributed by atoms with Crippen molar-refractivity contribution in [3.05, 3.63) is 48.2 Å². The second-order valence-electron chi connectivity index (χ2n) is 3.63. The van der Waals surface area contributed by atoms with Gasteiger partial charge in [0, 0.05) is 17.1 Å². The average molecular weight is 249 g/mol. The van der Waals surface area contributed by atoms with Crippen molar-refractivity contribution in [1.82, 2.24) is 9.97 Å². The number of nitrogens with zero attached hydrogens (tertiary/aromatic N) is 2. The first-order chi connectivity index (χ1) is 8.16. The molecule has 17 heavy (non-hydrogen) atoms. The monoisotopic (exact) mass is 249 g/mol. The van der Waals surface area contributed by atoms with Gasteiger partial charge >= 0.3 is 0 Å². The lowest BCUT2D eigenvalue weighted by molar-refractivity contribution is 0.596. The second kappa shape index (κ2) is 5.25. The first-order valence-electron chi connectivity index (χ1n) is 5.15. The number of hydrogen-bond acceptors (Lipinski definition) is 4. The lowest BCUT2D eigenvalue weighted by atomic mass is 10.1. The lowest BCUT2D eigenvalue weighted by Gasteiger charge is -2.08. The fourth-order valence-electron chi connectivity index (χ4n) is 1.33. The van der Waals surface area contributed by atoms with E-state index in [1.807, 2.05) is 13.0 Å². The summed E-state index contributed by atoms with van der Waals surface area (Å²) >= 11 is 1.27. The van der Waals surface area contributed by atoms with Gasteiger partial charge < -0.3 is 5.73 Å². The van der Waals surface area contributed by atoms with Crippen molar-refractivity contribution in [3.63, 3.8) is 0 Å². The van der Waals surface area contributed by atoms with Gasteiger partial charge in [0.1, 0.15) is 17.2 Å². The number of benzene rings is 1. The molecule has 0 saturated heterocycles. The van der Waals surface area contributed by atoms with E-state index < -0.39 is 0 Å². The molecule has 0 bridgehead atoms. The van der Waals surface area contributed by atoms with Gasteiger partial charge in [-0.2, -0.15) is 0 Å². The summed E-state index contributed by atoms with van der Waals surface area (Å²) in [6.07, 6.45) is 3.07. The Bertz CT molecular complexity index is 502. The summed E-state index contributed by atoms with van der Waals surface area (Å²) in [5.74, 6) is -0.275. The van der Waals surface area contributed by atoms with E-state index >= 15 is 0 Å². The molecule has 0 aliphatic rings. The van der Waals surface area contributed by atoms with Gasteiger partial charge in [-0.15, -0.1) is 0 Å². The van der Waals surface area contributed by atoms with Crippen LogP contribution in [0.1, 0.15) is 18.5 Å². The lowest BCUT2D eigenvalue weighted by Crippen LogP contribution is -2.05. The zero-order valence-corrected chi connectivity index (χ0v) is 10.1. The van der Waals surface area contributed by atoms with Gasteiger partial charge in [-0.25, -0.2) is 14.4 Å². The Labute approximate surface area is 103 Å². The number of aromatic nitrogens is 2. The predicted octanol–water partition coefficient (Wildman–Crippen LogP) is 2.79. The van der Waals surface area contributed by atoms with Crippen LogP contribution < -0.4 is 5.73 Å². The van der Waals surface area contributed by atoms with Crippen molar-refractivity contribution in [2.75, 3.05) is 0 Å². The van der Waals surface area contributed by atoms with Crippen molar-refractivity contribution in [1.29, 1.82) is 0 Å². The van der Waals surface area contributed by atoms with Gasteiger partial charge in [0.15, 0.2) is 0 Å². The van der Waals surface area contributed by atoms with Gasteiger partial charge in [-0.05, 0) is 30.7 Å². The molecule has 3 nitrogen and oxygen atoms in total. The Morgan fingerprint density at radius 2 is 2.18 bits per heavy atom. The Kier molecular flexibility index (Phi) is 3.71. The molecule has 0 fully saturated rings. The van der Waals surface area contributed by atoms with E-state index in [1.165, 1.54) is 24.2 Å². The van der Waals surface area contributed by atoms with Crippen molar-refractivity contribution in [2.45, 2.75) is 22.9 Å². The molecule has 1 heterocycles. The summed E-state index contributed by atoms with van der Waals surface area (Å²) in [6, 6.07) is 6.60. The molecule has 0 aliphatic carbocycles. The van der Waals surface area contributed by atoms with Crippen LogP contribution >= 0.6 is 11.8 Å². The second-order valence-corrected chi connectivity index (χ2v) is 4.69. The molecule has 2 N–H and O–H groups in total. The number of nitrogens with two attached hydrogens (primary N) is 1. The summed E-state index contributed by atoms with van der Waals surface area (Å²) in [5.41, 5.74) is 6.48. The molecule has 0 spiro atoms. The van der Waals surface area contributed by atoms with Crippen LogP contribution in [0.2, 0.25) is 0 Å². The highest BCUT2D eigenvalue weighted by Crippen LogP contribution is 2.29. The molecule has 2 rings (SSSR count). The molecule has 0 amide bonds. The van der Waals surface area contributed by atoms with Crippen LogP contribution in [0.5, 0.6) is 0 Å².